The summed E-state index contributed by atoms with van der Waals surface area (Å²) in [6.07, 6.45) is 1.88. The molecule has 0 aliphatic carbocycles. The molecule has 19 heavy (non-hydrogen) atoms. The Bertz CT molecular complexity index is 398. The molecule has 1 saturated heterocycles. The average Bonchev–Trinajstić information content (AvgIpc) is 2.45. The molecule has 0 amide bonds. The van der Waals surface area contributed by atoms with Gasteiger partial charge in [-0.1, -0.05) is 13.0 Å². The van der Waals surface area contributed by atoms with Crippen LogP contribution in [0.3, 0.4) is 0 Å². The summed E-state index contributed by atoms with van der Waals surface area (Å²) in [5.41, 5.74) is 7.18. The molecule has 1 aromatic rings. The molecule has 0 radical (unpaired) electrons. The van der Waals surface area contributed by atoms with E-state index >= 15 is 0 Å². The Labute approximate surface area is 119 Å². The van der Waals surface area contributed by atoms with Crippen LogP contribution in [-0.4, -0.2) is 47.1 Å². The summed E-state index contributed by atoms with van der Waals surface area (Å²) in [5.74, 6) is 1.82. The van der Waals surface area contributed by atoms with Crippen LogP contribution in [0.2, 0.25) is 0 Å². The third-order valence-electron chi connectivity index (χ3n) is 3.91. The topological polar surface area (TPSA) is 51.4 Å². The van der Waals surface area contributed by atoms with E-state index < -0.39 is 0 Å². The van der Waals surface area contributed by atoms with Gasteiger partial charge in [0.1, 0.15) is 0 Å². The Morgan fingerprint density at radius 3 is 2.89 bits per heavy atom. The zero-order chi connectivity index (χ0) is 13.8. The smallest absolute Gasteiger partial charge is 0.212 e. The summed E-state index contributed by atoms with van der Waals surface area (Å²) in [7, 11) is 1.63. The van der Waals surface area contributed by atoms with Crippen LogP contribution in [0.4, 0.5) is 0 Å². The zero-order valence-electron chi connectivity index (χ0n) is 11.9. The first-order valence-electron chi connectivity index (χ1n) is 6.74. The fraction of sp³-hybridized carbons (Fsp3) is 0.643. The second-order valence-corrected chi connectivity index (χ2v) is 6.42. The fourth-order valence-electron chi connectivity index (χ4n) is 2.57. The number of ether oxygens (including phenoxy) is 1. The molecule has 3 atom stereocenters. The second-order valence-electron chi connectivity index (χ2n) is 4.94. The highest BCUT2D eigenvalue weighted by atomic mass is 32.2. The van der Waals surface area contributed by atoms with Crippen molar-refractivity contribution in [2.24, 2.45) is 5.73 Å². The molecule has 0 aromatic carbocycles. The number of nitrogens with two attached hydrogens (primary N) is 1. The summed E-state index contributed by atoms with van der Waals surface area (Å²) < 4.78 is 5.11. The number of hydrogen-bond donors (Lipinski definition) is 1. The largest absolute Gasteiger partial charge is 0.481 e. The molecule has 106 valence electrons. The van der Waals surface area contributed by atoms with Gasteiger partial charge in [0.2, 0.25) is 5.88 Å². The minimum absolute atomic E-state index is 0.247. The van der Waals surface area contributed by atoms with Gasteiger partial charge in [0.25, 0.3) is 0 Å². The van der Waals surface area contributed by atoms with Crippen LogP contribution in [0.1, 0.15) is 25.5 Å². The molecular weight excluding hydrogens is 258 g/mol. The molecule has 1 fully saturated rings. The van der Waals surface area contributed by atoms with Gasteiger partial charge in [0.15, 0.2) is 0 Å². The van der Waals surface area contributed by atoms with Gasteiger partial charge in [-0.05, 0) is 12.5 Å². The average molecular weight is 281 g/mol. The van der Waals surface area contributed by atoms with Crippen molar-refractivity contribution in [3.63, 3.8) is 0 Å². The SMILES string of the molecule is COc1ccc(C(CN)N2CCSC(C)C2C)cn1. The predicted octanol–water partition coefficient (Wildman–Crippen LogP) is 1.92. The van der Waals surface area contributed by atoms with Crippen molar-refractivity contribution < 1.29 is 4.74 Å². The maximum Gasteiger partial charge on any atom is 0.212 e. The number of methoxy groups -OCH3 is 1. The van der Waals surface area contributed by atoms with Gasteiger partial charge in [-0.3, -0.25) is 4.90 Å². The van der Waals surface area contributed by atoms with Crippen molar-refractivity contribution in [1.82, 2.24) is 9.88 Å². The highest BCUT2D eigenvalue weighted by Gasteiger charge is 2.30. The van der Waals surface area contributed by atoms with Crippen molar-refractivity contribution in [2.45, 2.75) is 31.2 Å². The monoisotopic (exact) mass is 281 g/mol. The van der Waals surface area contributed by atoms with Crippen LogP contribution in [-0.2, 0) is 0 Å². The Hall–Kier alpha value is -0.780. The number of pyridine rings is 1. The summed E-state index contributed by atoms with van der Waals surface area (Å²) in [4.78, 5) is 6.80. The lowest BCUT2D eigenvalue weighted by Crippen LogP contribution is -2.48. The normalized spacial score (nSPS) is 26.1. The highest BCUT2D eigenvalue weighted by molar-refractivity contribution is 8.00. The molecule has 2 rings (SSSR count). The van der Waals surface area contributed by atoms with Crippen molar-refractivity contribution in [2.75, 3.05) is 26.0 Å². The van der Waals surface area contributed by atoms with E-state index in [1.165, 1.54) is 11.3 Å². The quantitative estimate of drug-likeness (QED) is 0.913. The van der Waals surface area contributed by atoms with Crippen LogP contribution in [0, 0.1) is 0 Å². The van der Waals surface area contributed by atoms with E-state index in [2.05, 4.69) is 29.8 Å². The van der Waals surface area contributed by atoms with Gasteiger partial charge in [-0.2, -0.15) is 11.8 Å². The molecule has 1 aliphatic heterocycles. The first-order valence-corrected chi connectivity index (χ1v) is 7.79. The number of hydrogen-bond acceptors (Lipinski definition) is 5. The third-order valence-corrected chi connectivity index (χ3v) is 5.25. The van der Waals surface area contributed by atoms with Crippen LogP contribution < -0.4 is 10.5 Å². The summed E-state index contributed by atoms with van der Waals surface area (Å²) in [6.45, 7) is 6.29. The molecular formula is C14H23N3OS. The molecule has 0 saturated carbocycles. The summed E-state index contributed by atoms with van der Waals surface area (Å²) >= 11 is 2.04. The van der Waals surface area contributed by atoms with Gasteiger partial charge >= 0.3 is 0 Å². The number of rotatable bonds is 4. The number of thioether (sulfide) groups is 1. The number of aromatic nitrogens is 1. The lowest BCUT2D eigenvalue weighted by atomic mass is 10.0. The van der Waals surface area contributed by atoms with Gasteiger partial charge in [0.05, 0.1) is 7.11 Å². The molecule has 2 N–H and O–H groups in total. The lowest BCUT2D eigenvalue weighted by molar-refractivity contribution is 0.150. The molecule has 2 heterocycles. The summed E-state index contributed by atoms with van der Waals surface area (Å²) in [5, 5.41) is 0.647. The van der Waals surface area contributed by atoms with E-state index in [0.29, 0.717) is 23.7 Å². The van der Waals surface area contributed by atoms with E-state index in [1.807, 2.05) is 24.0 Å². The maximum absolute atomic E-state index is 6.01. The number of nitrogens with zero attached hydrogens (tertiary/aromatic N) is 2. The van der Waals surface area contributed by atoms with Crippen molar-refractivity contribution >= 4 is 11.8 Å². The first kappa shape index (κ1) is 14.6. The Balaban J connectivity index is 2.18. The van der Waals surface area contributed by atoms with Crippen LogP contribution in [0.5, 0.6) is 5.88 Å². The van der Waals surface area contributed by atoms with Crippen LogP contribution >= 0.6 is 11.8 Å². The standard InChI is InChI=1S/C14H23N3OS/c1-10-11(2)19-7-6-17(10)13(8-15)12-4-5-14(18-3)16-9-12/h4-5,9-11,13H,6-8,15H2,1-3H3. The van der Waals surface area contributed by atoms with Crippen molar-refractivity contribution in [3.8, 4) is 5.88 Å². The van der Waals surface area contributed by atoms with E-state index in [1.54, 1.807) is 7.11 Å². The molecule has 1 aromatic heterocycles. The molecule has 4 nitrogen and oxygen atoms in total. The van der Waals surface area contributed by atoms with Gasteiger partial charge in [-0.25, -0.2) is 4.98 Å². The maximum atomic E-state index is 6.01. The van der Waals surface area contributed by atoms with Gasteiger partial charge < -0.3 is 10.5 Å². The second kappa shape index (κ2) is 6.59. The molecule has 0 spiro atoms. The van der Waals surface area contributed by atoms with E-state index in [0.717, 1.165) is 6.54 Å². The van der Waals surface area contributed by atoms with Crippen molar-refractivity contribution in [3.05, 3.63) is 23.9 Å². The zero-order valence-corrected chi connectivity index (χ0v) is 12.7. The van der Waals surface area contributed by atoms with Crippen LogP contribution in [0.15, 0.2) is 18.3 Å². The van der Waals surface area contributed by atoms with Gasteiger partial charge in [0, 0.05) is 48.4 Å². The molecule has 0 bridgehead atoms. The lowest BCUT2D eigenvalue weighted by Gasteiger charge is -2.42. The molecule has 5 heteroatoms. The first-order chi connectivity index (χ1) is 9.17. The third kappa shape index (κ3) is 3.22. The van der Waals surface area contributed by atoms with E-state index in [4.69, 9.17) is 10.5 Å². The molecule has 3 unspecified atom stereocenters. The Kier molecular flexibility index (Phi) is 5.07. The predicted molar refractivity (Wildman–Crippen MR) is 80.7 cm³/mol. The Morgan fingerprint density at radius 2 is 2.32 bits per heavy atom. The highest BCUT2D eigenvalue weighted by Crippen LogP contribution is 2.31. The summed E-state index contributed by atoms with van der Waals surface area (Å²) in [6, 6.07) is 4.76. The van der Waals surface area contributed by atoms with E-state index in [9.17, 15) is 0 Å². The van der Waals surface area contributed by atoms with Crippen molar-refractivity contribution in [1.29, 1.82) is 0 Å². The van der Waals surface area contributed by atoms with Crippen LogP contribution in [0.25, 0.3) is 0 Å². The minimum atomic E-state index is 0.247. The fourth-order valence-corrected chi connectivity index (χ4v) is 3.69. The molecule has 1 aliphatic rings. The van der Waals surface area contributed by atoms with E-state index in [-0.39, 0.29) is 6.04 Å². The Morgan fingerprint density at radius 1 is 1.53 bits per heavy atom. The minimum Gasteiger partial charge on any atom is -0.481 e. The van der Waals surface area contributed by atoms with Gasteiger partial charge in [-0.15, -0.1) is 0 Å².